The highest BCUT2D eigenvalue weighted by Crippen LogP contribution is 2.20. The van der Waals surface area contributed by atoms with Crippen LogP contribution in [0.4, 0.5) is 0 Å². The largest absolute Gasteiger partial charge is 0.481 e. The number of carbonyl (C=O) groups is 4. The Balaban J connectivity index is 2.84. The molecule has 3 atom stereocenters. The van der Waals surface area contributed by atoms with Crippen molar-refractivity contribution in [3.63, 3.8) is 0 Å². The van der Waals surface area contributed by atoms with Crippen LogP contribution in [0.15, 0.2) is 0 Å². The first-order chi connectivity index (χ1) is 11.1. The van der Waals surface area contributed by atoms with E-state index < -0.39 is 48.3 Å². The minimum absolute atomic E-state index is 0.0702. The zero-order valence-electron chi connectivity index (χ0n) is 13.9. The maximum absolute atomic E-state index is 12.7. The molecule has 1 saturated heterocycles. The lowest BCUT2D eigenvalue weighted by molar-refractivity contribution is -0.149. The lowest BCUT2D eigenvalue weighted by Gasteiger charge is -2.28. The van der Waals surface area contributed by atoms with Gasteiger partial charge in [0.15, 0.2) is 0 Å². The van der Waals surface area contributed by atoms with E-state index in [1.54, 1.807) is 0 Å². The normalized spacial score (nSPS) is 19.8. The van der Waals surface area contributed by atoms with Crippen LogP contribution in [-0.2, 0) is 19.2 Å². The monoisotopic (exact) mass is 343 g/mol. The van der Waals surface area contributed by atoms with E-state index in [0.717, 1.165) is 0 Å². The molecular weight excluding hydrogens is 318 g/mol. The number of amides is 2. The number of nitrogens with one attached hydrogen (secondary N) is 1. The fourth-order valence-corrected chi connectivity index (χ4v) is 2.74. The summed E-state index contributed by atoms with van der Waals surface area (Å²) in [6, 6.07) is -3.08. The van der Waals surface area contributed by atoms with E-state index in [0.29, 0.717) is 25.8 Å². The number of rotatable bonds is 8. The van der Waals surface area contributed by atoms with Gasteiger partial charge in [0, 0.05) is 6.54 Å². The predicted octanol–water partition coefficient (Wildman–Crippen LogP) is -0.605. The molecular formula is C15H25N3O6. The highest BCUT2D eigenvalue weighted by Gasteiger charge is 2.38. The predicted molar refractivity (Wildman–Crippen MR) is 84.0 cm³/mol. The number of likely N-dealkylation sites (tertiary alicyclic amines) is 1. The SMILES string of the molecule is CC(C)C[C@H](NC(=O)[C@@H](N)CC(=O)O)C(=O)N1CCC[C@H]1C(=O)O. The zero-order valence-corrected chi connectivity index (χ0v) is 13.9. The summed E-state index contributed by atoms with van der Waals surface area (Å²) in [5, 5.41) is 20.4. The first kappa shape index (κ1) is 19.9. The Morgan fingerprint density at radius 1 is 1.25 bits per heavy atom. The van der Waals surface area contributed by atoms with E-state index in [1.807, 2.05) is 13.8 Å². The third kappa shape index (κ3) is 5.48. The Kier molecular flexibility index (Phi) is 7.15. The van der Waals surface area contributed by atoms with Crippen LogP contribution in [0.25, 0.3) is 0 Å². The Morgan fingerprint density at radius 2 is 1.88 bits per heavy atom. The van der Waals surface area contributed by atoms with Crippen LogP contribution in [0, 0.1) is 5.92 Å². The summed E-state index contributed by atoms with van der Waals surface area (Å²) in [6.45, 7) is 4.05. The summed E-state index contributed by atoms with van der Waals surface area (Å²) < 4.78 is 0. The molecule has 1 aliphatic rings. The standard InChI is InChI=1S/C15H25N3O6/c1-8(2)6-10(17-13(21)9(16)7-12(19)20)14(22)18-5-3-4-11(18)15(23)24/h8-11H,3-7,16H2,1-2H3,(H,17,21)(H,19,20)(H,23,24)/t9-,10-,11-/m0/s1. The molecule has 9 nitrogen and oxygen atoms in total. The fraction of sp³-hybridized carbons (Fsp3) is 0.733. The molecule has 5 N–H and O–H groups in total. The van der Waals surface area contributed by atoms with E-state index in [1.165, 1.54) is 4.90 Å². The summed E-state index contributed by atoms with van der Waals surface area (Å²) in [4.78, 5) is 47.8. The second kappa shape index (κ2) is 8.62. The molecule has 1 rings (SSSR count). The van der Waals surface area contributed by atoms with Crippen molar-refractivity contribution in [3.8, 4) is 0 Å². The van der Waals surface area contributed by atoms with Gasteiger partial charge in [0.2, 0.25) is 11.8 Å². The van der Waals surface area contributed by atoms with Gasteiger partial charge < -0.3 is 26.2 Å². The van der Waals surface area contributed by atoms with Crippen LogP contribution in [0.2, 0.25) is 0 Å². The lowest BCUT2D eigenvalue weighted by atomic mass is 10.0. The number of carboxylic acids is 2. The van der Waals surface area contributed by atoms with Crippen molar-refractivity contribution in [1.82, 2.24) is 10.2 Å². The van der Waals surface area contributed by atoms with Gasteiger partial charge in [-0.2, -0.15) is 0 Å². The van der Waals surface area contributed by atoms with Crippen LogP contribution < -0.4 is 11.1 Å². The van der Waals surface area contributed by atoms with Gasteiger partial charge in [-0.1, -0.05) is 13.8 Å². The molecule has 1 aliphatic heterocycles. The van der Waals surface area contributed by atoms with Crippen molar-refractivity contribution < 1.29 is 29.4 Å². The smallest absolute Gasteiger partial charge is 0.326 e. The van der Waals surface area contributed by atoms with Gasteiger partial charge in [0.25, 0.3) is 0 Å². The van der Waals surface area contributed by atoms with Crippen molar-refractivity contribution in [2.24, 2.45) is 11.7 Å². The lowest BCUT2D eigenvalue weighted by Crippen LogP contribution is -2.55. The number of hydrogen-bond acceptors (Lipinski definition) is 5. The third-order valence-corrected chi connectivity index (χ3v) is 3.87. The summed E-state index contributed by atoms with van der Waals surface area (Å²) in [6.07, 6.45) is 0.731. The molecule has 0 aromatic heterocycles. The molecule has 0 aromatic rings. The van der Waals surface area contributed by atoms with Crippen LogP contribution in [0.5, 0.6) is 0 Å². The number of aliphatic carboxylic acids is 2. The van der Waals surface area contributed by atoms with Gasteiger partial charge in [-0.3, -0.25) is 14.4 Å². The van der Waals surface area contributed by atoms with Gasteiger partial charge in [-0.15, -0.1) is 0 Å². The minimum atomic E-state index is -1.26. The average Bonchev–Trinajstić information content (AvgIpc) is 2.93. The van der Waals surface area contributed by atoms with Gasteiger partial charge in [-0.25, -0.2) is 4.79 Å². The molecule has 2 amide bonds. The van der Waals surface area contributed by atoms with Crippen LogP contribution >= 0.6 is 0 Å². The topological polar surface area (TPSA) is 150 Å². The molecule has 24 heavy (non-hydrogen) atoms. The Bertz CT molecular complexity index is 507. The zero-order chi connectivity index (χ0) is 18.4. The highest BCUT2D eigenvalue weighted by molar-refractivity contribution is 5.93. The van der Waals surface area contributed by atoms with Crippen molar-refractivity contribution in [2.75, 3.05) is 6.54 Å². The summed E-state index contributed by atoms with van der Waals surface area (Å²) >= 11 is 0. The van der Waals surface area contributed by atoms with Gasteiger partial charge in [0.1, 0.15) is 12.1 Å². The van der Waals surface area contributed by atoms with Crippen LogP contribution in [-0.4, -0.2) is 63.5 Å². The first-order valence-electron chi connectivity index (χ1n) is 7.94. The van der Waals surface area contributed by atoms with Crippen molar-refractivity contribution in [1.29, 1.82) is 0 Å². The quantitative estimate of drug-likeness (QED) is 0.459. The molecule has 9 heteroatoms. The number of nitrogens with two attached hydrogens (primary N) is 1. The molecule has 0 aliphatic carbocycles. The van der Waals surface area contributed by atoms with E-state index in [2.05, 4.69) is 5.32 Å². The third-order valence-electron chi connectivity index (χ3n) is 3.87. The van der Waals surface area contributed by atoms with Gasteiger partial charge in [0.05, 0.1) is 12.5 Å². The second-order valence-corrected chi connectivity index (χ2v) is 6.42. The maximum atomic E-state index is 12.7. The van der Waals surface area contributed by atoms with E-state index in [-0.39, 0.29) is 5.92 Å². The van der Waals surface area contributed by atoms with E-state index in [9.17, 15) is 24.3 Å². The summed E-state index contributed by atoms with van der Waals surface area (Å²) in [5.41, 5.74) is 5.51. The molecule has 0 unspecified atom stereocenters. The Hall–Kier alpha value is -2.16. The summed E-state index contributed by atoms with van der Waals surface area (Å²) in [5.74, 6) is -3.42. The van der Waals surface area contributed by atoms with Crippen LogP contribution in [0.3, 0.4) is 0 Å². The highest BCUT2D eigenvalue weighted by atomic mass is 16.4. The molecule has 0 bridgehead atoms. The van der Waals surface area contributed by atoms with Gasteiger partial charge >= 0.3 is 11.9 Å². The van der Waals surface area contributed by atoms with Crippen LogP contribution in [0.1, 0.15) is 39.5 Å². The fourth-order valence-electron chi connectivity index (χ4n) is 2.74. The molecule has 1 fully saturated rings. The average molecular weight is 343 g/mol. The maximum Gasteiger partial charge on any atom is 0.326 e. The molecule has 1 heterocycles. The molecule has 136 valence electrons. The van der Waals surface area contributed by atoms with Crippen molar-refractivity contribution >= 4 is 23.8 Å². The minimum Gasteiger partial charge on any atom is -0.481 e. The molecule has 0 saturated carbocycles. The van der Waals surface area contributed by atoms with Gasteiger partial charge in [-0.05, 0) is 25.2 Å². The van der Waals surface area contributed by atoms with E-state index >= 15 is 0 Å². The Morgan fingerprint density at radius 3 is 2.38 bits per heavy atom. The number of nitrogens with zero attached hydrogens (tertiary/aromatic N) is 1. The van der Waals surface area contributed by atoms with Crippen molar-refractivity contribution in [2.45, 2.75) is 57.7 Å². The molecule has 0 aromatic carbocycles. The first-order valence-corrected chi connectivity index (χ1v) is 7.94. The number of carboxylic acid groups (broad SMARTS) is 2. The summed E-state index contributed by atoms with van der Waals surface area (Å²) in [7, 11) is 0. The van der Waals surface area contributed by atoms with Crippen molar-refractivity contribution in [3.05, 3.63) is 0 Å². The molecule has 0 radical (unpaired) electrons. The second-order valence-electron chi connectivity index (χ2n) is 6.42. The Labute approximate surface area is 140 Å². The number of hydrogen-bond donors (Lipinski definition) is 4. The van der Waals surface area contributed by atoms with E-state index in [4.69, 9.17) is 10.8 Å². The molecule has 0 spiro atoms. The number of carbonyl (C=O) groups excluding carboxylic acids is 2.